The Morgan fingerprint density at radius 3 is 1.68 bits per heavy atom. The summed E-state index contributed by atoms with van der Waals surface area (Å²) in [6.45, 7) is 9.23. The number of carbonyl (C=O) groups is 2. The molecule has 0 aromatic carbocycles. The van der Waals surface area contributed by atoms with E-state index in [0.717, 1.165) is 25.7 Å². The van der Waals surface area contributed by atoms with Crippen LogP contribution in [-0.4, -0.2) is 24.1 Å². The van der Waals surface area contributed by atoms with Crippen molar-refractivity contribution in [2.75, 3.05) is 0 Å². The van der Waals surface area contributed by atoms with Crippen LogP contribution in [0.15, 0.2) is 0 Å². The van der Waals surface area contributed by atoms with Crippen molar-refractivity contribution in [3.8, 4) is 0 Å². The molecule has 0 amide bonds. The van der Waals surface area contributed by atoms with E-state index in [9.17, 15) is 9.59 Å². The minimum absolute atomic E-state index is 0.211. The second-order valence-electron chi connectivity index (χ2n) is 5.37. The van der Waals surface area contributed by atoms with Gasteiger partial charge in [-0.2, -0.15) is 0 Å². The Labute approximate surface area is 116 Å². The van der Waals surface area contributed by atoms with Crippen molar-refractivity contribution in [1.82, 2.24) is 0 Å². The molecule has 0 spiro atoms. The summed E-state index contributed by atoms with van der Waals surface area (Å²) in [7, 11) is 0. The largest absolute Gasteiger partial charge is 0.462 e. The van der Waals surface area contributed by atoms with Crippen LogP contribution < -0.4 is 0 Å². The summed E-state index contributed by atoms with van der Waals surface area (Å²) in [4.78, 5) is 23.8. The molecule has 19 heavy (non-hydrogen) atoms. The summed E-state index contributed by atoms with van der Waals surface area (Å²) in [5.74, 6) is -1.70. The molecule has 0 aliphatic heterocycles. The molecule has 0 fully saturated rings. The predicted molar refractivity (Wildman–Crippen MR) is 74.7 cm³/mol. The number of rotatable bonds is 9. The van der Waals surface area contributed by atoms with Gasteiger partial charge in [-0.05, 0) is 34.1 Å². The summed E-state index contributed by atoms with van der Waals surface area (Å²) >= 11 is 0. The molecule has 112 valence electrons. The molecule has 0 aliphatic carbocycles. The number of ether oxygens (including phenoxy) is 2. The van der Waals surface area contributed by atoms with Crippen LogP contribution >= 0.6 is 0 Å². The van der Waals surface area contributed by atoms with E-state index >= 15 is 0 Å². The molecule has 0 aromatic heterocycles. The average Bonchev–Trinajstić information content (AvgIpc) is 2.26. The van der Waals surface area contributed by atoms with E-state index < -0.39 is 17.9 Å². The average molecular weight is 272 g/mol. The zero-order valence-electron chi connectivity index (χ0n) is 12.9. The van der Waals surface area contributed by atoms with Gasteiger partial charge in [0.2, 0.25) is 0 Å². The fourth-order valence-corrected chi connectivity index (χ4v) is 1.74. The third-order valence-corrected chi connectivity index (χ3v) is 2.62. The maximum absolute atomic E-state index is 11.9. The smallest absolute Gasteiger partial charge is 0.320 e. The standard InChI is InChI=1S/C15H28O4/c1-6-7-8-9-10-13(14(16)18-11(2)3)15(17)19-12(4)5/h11-13H,6-10H2,1-5H3. The van der Waals surface area contributed by atoms with E-state index in [1.807, 2.05) is 0 Å². The third-order valence-electron chi connectivity index (χ3n) is 2.62. The lowest BCUT2D eigenvalue weighted by molar-refractivity contribution is -0.166. The normalized spacial score (nSPS) is 11.2. The SMILES string of the molecule is CCCCCCC(C(=O)OC(C)C)C(=O)OC(C)C. The highest BCUT2D eigenvalue weighted by Crippen LogP contribution is 2.16. The summed E-state index contributed by atoms with van der Waals surface area (Å²) in [5.41, 5.74) is 0. The van der Waals surface area contributed by atoms with Gasteiger partial charge >= 0.3 is 11.9 Å². The molecule has 0 bridgehead atoms. The highest BCUT2D eigenvalue weighted by atomic mass is 16.6. The number of carbonyl (C=O) groups excluding carboxylic acids is 2. The summed E-state index contributed by atoms with van der Waals surface area (Å²) in [6, 6.07) is 0. The zero-order valence-corrected chi connectivity index (χ0v) is 12.9. The van der Waals surface area contributed by atoms with Crippen molar-refractivity contribution in [3.63, 3.8) is 0 Å². The van der Waals surface area contributed by atoms with Gasteiger partial charge in [-0.3, -0.25) is 9.59 Å². The minimum atomic E-state index is -0.776. The van der Waals surface area contributed by atoms with E-state index in [-0.39, 0.29) is 12.2 Å². The van der Waals surface area contributed by atoms with Crippen LogP contribution in [0.2, 0.25) is 0 Å². The maximum Gasteiger partial charge on any atom is 0.320 e. The topological polar surface area (TPSA) is 52.6 Å². The van der Waals surface area contributed by atoms with E-state index in [2.05, 4.69) is 6.92 Å². The molecule has 0 saturated heterocycles. The van der Waals surface area contributed by atoms with E-state index in [1.54, 1.807) is 27.7 Å². The van der Waals surface area contributed by atoms with Crippen LogP contribution in [0.5, 0.6) is 0 Å². The van der Waals surface area contributed by atoms with Crippen LogP contribution in [0.3, 0.4) is 0 Å². The molecule has 0 N–H and O–H groups in total. The lowest BCUT2D eigenvalue weighted by atomic mass is 10.0. The van der Waals surface area contributed by atoms with Crippen molar-refractivity contribution in [3.05, 3.63) is 0 Å². The fraction of sp³-hybridized carbons (Fsp3) is 0.867. The van der Waals surface area contributed by atoms with Gasteiger partial charge in [0.15, 0.2) is 5.92 Å². The Bertz CT molecular complexity index is 249. The molecule has 4 nitrogen and oxygen atoms in total. The van der Waals surface area contributed by atoms with Gasteiger partial charge in [-0.1, -0.05) is 32.6 Å². The Hall–Kier alpha value is -1.06. The van der Waals surface area contributed by atoms with Crippen molar-refractivity contribution < 1.29 is 19.1 Å². The third kappa shape index (κ3) is 8.62. The highest BCUT2D eigenvalue weighted by Gasteiger charge is 2.30. The predicted octanol–water partition coefficient (Wildman–Crippen LogP) is 3.48. The number of hydrogen-bond acceptors (Lipinski definition) is 4. The first kappa shape index (κ1) is 17.9. The first-order valence-electron chi connectivity index (χ1n) is 7.29. The molecule has 0 saturated carbocycles. The monoisotopic (exact) mass is 272 g/mol. The molecule has 0 aromatic rings. The Kier molecular flexibility index (Phi) is 9.27. The lowest BCUT2D eigenvalue weighted by Gasteiger charge is -2.18. The quantitative estimate of drug-likeness (QED) is 0.366. The van der Waals surface area contributed by atoms with E-state index in [4.69, 9.17) is 9.47 Å². The second kappa shape index (κ2) is 9.82. The van der Waals surface area contributed by atoms with Gasteiger partial charge in [0.05, 0.1) is 12.2 Å². The van der Waals surface area contributed by atoms with Crippen LogP contribution in [0.1, 0.15) is 66.7 Å². The second-order valence-corrected chi connectivity index (χ2v) is 5.37. The Morgan fingerprint density at radius 2 is 1.32 bits per heavy atom. The van der Waals surface area contributed by atoms with Crippen LogP contribution in [0.4, 0.5) is 0 Å². The molecule has 0 unspecified atom stereocenters. The van der Waals surface area contributed by atoms with Gasteiger partial charge < -0.3 is 9.47 Å². The van der Waals surface area contributed by atoms with E-state index in [0.29, 0.717) is 6.42 Å². The minimum Gasteiger partial charge on any atom is -0.462 e. The molecular formula is C15H28O4. The molecule has 4 heteroatoms. The van der Waals surface area contributed by atoms with Crippen molar-refractivity contribution in [2.45, 2.75) is 78.9 Å². The molecule has 0 heterocycles. The molecule has 0 aliphatic rings. The molecule has 0 atom stereocenters. The maximum atomic E-state index is 11.9. The molecule has 0 radical (unpaired) electrons. The Balaban J connectivity index is 4.45. The van der Waals surface area contributed by atoms with E-state index in [1.165, 1.54) is 0 Å². The summed E-state index contributed by atoms with van der Waals surface area (Å²) < 4.78 is 10.3. The summed E-state index contributed by atoms with van der Waals surface area (Å²) in [5, 5.41) is 0. The van der Waals surface area contributed by atoms with Crippen LogP contribution in [0.25, 0.3) is 0 Å². The Morgan fingerprint density at radius 1 is 0.842 bits per heavy atom. The van der Waals surface area contributed by atoms with Crippen LogP contribution in [-0.2, 0) is 19.1 Å². The molecular weight excluding hydrogens is 244 g/mol. The lowest BCUT2D eigenvalue weighted by Crippen LogP contribution is -2.31. The first-order valence-corrected chi connectivity index (χ1v) is 7.29. The first-order chi connectivity index (χ1) is 8.88. The van der Waals surface area contributed by atoms with Gasteiger partial charge in [0, 0.05) is 0 Å². The van der Waals surface area contributed by atoms with Crippen molar-refractivity contribution >= 4 is 11.9 Å². The zero-order chi connectivity index (χ0) is 14.8. The highest BCUT2D eigenvalue weighted by molar-refractivity contribution is 5.95. The van der Waals surface area contributed by atoms with Gasteiger partial charge in [-0.25, -0.2) is 0 Å². The van der Waals surface area contributed by atoms with Crippen molar-refractivity contribution in [2.24, 2.45) is 5.92 Å². The summed E-state index contributed by atoms with van der Waals surface area (Å²) in [6.07, 6.45) is 4.20. The van der Waals surface area contributed by atoms with Gasteiger partial charge in [-0.15, -0.1) is 0 Å². The van der Waals surface area contributed by atoms with Crippen molar-refractivity contribution in [1.29, 1.82) is 0 Å². The molecule has 0 rings (SSSR count). The number of unbranched alkanes of at least 4 members (excludes halogenated alkanes) is 3. The number of hydrogen-bond donors (Lipinski definition) is 0. The van der Waals surface area contributed by atoms with Gasteiger partial charge in [0.25, 0.3) is 0 Å². The number of esters is 2. The fourth-order valence-electron chi connectivity index (χ4n) is 1.74. The van der Waals surface area contributed by atoms with Gasteiger partial charge in [0.1, 0.15) is 0 Å². The van der Waals surface area contributed by atoms with Crippen LogP contribution in [0, 0.1) is 5.92 Å².